The van der Waals surface area contributed by atoms with Gasteiger partial charge in [-0.2, -0.15) is 0 Å². The maximum atomic E-state index is 5.79. The summed E-state index contributed by atoms with van der Waals surface area (Å²) < 4.78 is 5.79. The van der Waals surface area contributed by atoms with Crippen LogP contribution in [0.15, 0.2) is 66.7 Å². The van der Waals surface area contributed by atoms with Crippen molar-refractivity contribution in [2.45, 2.75) is 26.7 Å². The third kappa shape index (κ3) is 4.58. The first-order chi connectivity index (χ1) is 9.78. The molecular formula is C19H22O. The second-order valence-electron chi connectivity index (χ2n) is 5.08. The van der Waals surface area contributed by atoms with E-state index in [1.165, 1.54) is 5.56 Å². The molecule has 0 saturated heterocycles. The van der Waals surface area contributed by atoms with E-state index < -0.39 is 0 Å². The Morgan fingerprint density at radius 3 is 2.25 bits per heavy atom. The molecule has 0 radical (unpaired) electrons. The van der Waals surface area contributed by atoms with Crippen LogP contribution in [-0.4, -0.2) is 0 Å². The van der Waals surface area contributed by atoms with Crippen LogP contribution >= 0.6 is 0 Å². The van der Waals surface area contributed by atoms with E-state index in [1.54, 1.807) is 0 Å². The number of rotatable bonds is 6. The van der Waals surface area contributed by atoms with E-state index in [9.17, 15) is 0 Å². The van der Waals surface area contributed by atoms with Crippen molar-refractivity contribution in [2.75, 3.05) is 0 Å². The van der Waals surface area contributed by atoms with Crippen LogP contribution < -0.4 is 4.74 Å². The molecule has 1 nitrogen and oxygen atoms in total. The summed E-state index contributed by atoms with van der Waals surface area (Å²) in [5.41, 5.74) is 1.35. The number of allylic oxidation sites excluding steroid dienone is 2. The van der Waals surface area contributed by atoms with Gasteiger partial charge in [0.15, 0.2) is 0 Å². The van der Waals surface area contributed by atoms with Gasteiger partial charge in [-0.05, 0) is 48.6 Å². The van der Waals surface area contributed by atoms with Crippen molar-refractivity contribution in [1.29, 1.82) is 0 Å². The van der Waals surface area contributed by atoms with Crippen LogP contribution in [0.4, 0.5) is 0 Å². The summed E-state index contributed by atoms with van der Waals surface area (Å²) in [6.07, 6.45) is 6.70. The molecule has 0 amide bonds. The van der Waals surface area contributed by atoms with E-state index in [0.29, 0.717) is 5.92 Å². The maximum Gasteiger partial charge on any atom is 0.127 e. The fourth-order valence-corrected chi connectivity index (χ4v) is 2.13. The molecule has 0 heterocycles. The number of para-hydroxylation sites is 1. The number of hydrogen-bond donors (Lipinski definition) is 0. The molecule has 0 N–H and O–H groups in total. The van der Waals surface area contributed by atoms with E-state index >= 15 is 0 Å². The van der Waals surface area contributed by atoms with Gasteiger partial charge in [-0.3, -0.25) is 0 Å². The monoisotopic (exact) mass is 266 g/mol. The van der Waals surface area contributed by atoms with Gasteiger partial charge in [0.2, 0.25) is 0 Å². The van der Waals surface area contributed by atoms with Gasteiger partial charge in [0.1, 0.15) is 11.5 Å². The first-order valence-electron chi connectivity index (χ1n) is 7.26. The summed E-state index contributed by atoms with van der Waals surface area (Å²) >= 11 is 0. The van der Waals surface area contributed by atoms with Crippen molar-refractivity contribution in [3.05, 3.63) is 72.3 Å². The average Bonchev–Trinajstić information content (AvgIpc) is 2.48. The zero-order chi connectivity index (χ0) is 14.2. The summed E-state index contributed by atoms with van der Waals surface area (Å²) in [5, 5.41) is 0. The second kappa shape index (κ2) is 7.54. The molecular weight excluding hydrogens is 244 g/mol. The van der Waals surface area contributed by atoms with Crippen LogP contribution in [0.1, 0.15) is 25.8 Å². The van der Waals surface area contributed by atoms with Crippen LogP contribution in [0.2, 0.25) is 0 Å². The Kier molecular flexibility index (Phi) is 5.43. The molecule has 0 aromatic heterocycles. The van der Waals surface area contributed by atoms with Crippen LogP contribution in [0.25, 0.3) is 0 Å². The second-order valence-corrected chi connectivity index (χ2v) is 5.08. The molecule has 2 rings (SSSR count). The Balaban J connectivity index is 1.94. The standard InChI is InChI=1S/C19H22O/c1-3-4-8-16(2)15-17-11-13-19(14-12-17)20-18-9-6-5-7-10-18/h4-14,16H,3,15H2,1-2H3/b8-4-. The minimum atomic E-state index is 0.579. The van der Waals surface area contributed by atoms with Gasteiger partial charge in [0.25, 0.3) is 0 Å². The Labute approximate surface area is 121 Å². The molecule has 2 aromatic rings. The van der Waals surface area contributed by atoms with Gasteiger partial charge in [-0.15, -0.1) is 0 Å². The van der Waals surface area contributed by atoms with Gasteiger partial charge in [-0.25, -0.2) is 0 Å². The predicted octanol–water partition coefficient (Wildman–Crippen LogP) is 5.62. The van der Waals surface area contributed by atoms with Crippen molar-refractivity contribution in [2.24, 2.45) is 5.92 Å². The number of benzene rings is 2. The normalized spacial score (nSPS) is 12.5. The minimum absolute atomic E-state index is 0.579. The largest absolute Gasteiger partial charge is 0.457 e. The average molecular weight is 266 g/mol. The molecule has 0 aliphatic heterocycles. The minimum Gasteiger partial charge on any atom is -0.457 e. The molecule has 1 heteroatoms. The SMILES string of the molecule is CC/C=C\C(C)Cc1ccc(Oc2ccccc2)cc1. The van der Waals surface area contributed by atoms with Crippen molar-refractivity contribution in [1.82, 2.24) is 0 Å². The third-order valence-electron chi connectivity index (χ3n) is 3.16. The molecule has 0 saturated carbocycles. The quantitative estimate of drug-likeness (QED) is 0.616. The van der Waals surface area contributed by atoms with E-state index in [1.807, 2.05) is 42.5 Å². The maximum absolute atomic E-state index is 5.79. The van der Waals surface area contributed by atoms with Crippen molar-refractivity contribution < 1.29 is 4.74 Å². The third-order valence-corrected chi connectivity index (χ3v) is 3.16. The molecule has 1 atom stereocenters. The zero-order valence-electron chi connectivity index (χ0n) is 12.3. The highest BCUT2D eigenvalue weighted by Gasteiger charge is 2.01. The summed E-state index contributed by atoms with van der Waals surface area (Å²) in [5.74, 6) is 2.34. The lowest BCUT2D eigenvalue weighted by molar-refractivity contribution is 0.482. The van der Waals surface area contributed by atoms with Crippen molar-refractivity contribution in [3.8, 4) is 11.5 Å². The fraction of sp³-hybridized carbons (Fsp3) is 0.263. The molecule has 104 valence electrons. The molecule has 2 aromatic carbocycles. The lowest BCUT2D eigenvalue weighted by Gasteiger charge is -2.09. The smallest absolute Gasteiger partial charge is 0.127 e. The first kappa shape index (κ1) is 14.4. The van der Waals surface area contributed by atoms with E-state index in [-0.39, 0.29) is 0 Å². The molecule has 0 fully saturated rings. The van der Waals surface area contributed by atoms with Gasteiger partial charge in [0.05, 0.1) is 0 Å². The van der Waals surface area contributed by atoms with Gasteiger partial charge in [-0.1, -0.05) is 56.3 Å². The molecule has 1 unspecified atom stereocenters. The molecule has 20 heavy (non-hydrogen) atoms. The highest BCUT2D eigenvalue weighted by molar-refractivity contribution is 5.33. The van der Waals surface area contributed by atoms with Crippen LogP contribution in [0, 0.1) is 5.92 Å². The van der Waals surface area contributed by atoms with Gasteiger partial charge in [0, 0.05) is 0 Å². The summed E-state index contributed by atoms with van der Waals surface area (Å²) in [4.78, 5) is 0. The number of hydrogen-bond acceptors (Lipinski definition) is 1. The molecule has 0 aliphatic rings. The summed E-state index contributed by atoms with van der Waals surface area (Å²) in [6, 6.07) is 18.2. The van der Waals surface area contributed by atoms with Crippen LogP contribution in [0.3, 0.4) is 0 Å². The zero-order valence-corrected chi connectivity index (χ0v) is 12.3. The lowest BCUT2D eigenvalue weighted by atomic mass is 10.0. The Morgan fingerprint density at radius 2 is 1.60 bits per heavy atom. The predicted molar refractivity (Wildman–Crippen MR) is 85.3 cm³/mol. The fourth-order valence-electron chi connectivity index (χ4n) is 2.13. The highest BCUT2D eigenvalue weighted by Crippen LogP contribution is 2.22. The van der Waals surface area contributed by atoms with Crippen LogP contribution in [-0.2, 0) is 6.42 Å². The van der Waals surface area contributed by atoms with Gasteiger partial charge >= 0.3 is 0 Å². The lowest BCUT2D eigenvalue weighted by Crippen LogP contribution is -1.95. The van der Waals surface area contributed by atoms with Gasteiger partial charge < -0.3 is 4.74 Å². The van der Waals surface area contributed by atoms with E-state index in [2.05, 4.69) is 38.1 Å². The topological polar surface area (TPSA) is 9.23 Å². The first-order valence-corrected chi connectivity index (χ1v) is 7.26. The Hall–Kier alpha value is -2.02. The number of ether oxygens (including phenoxy) is 1. The van der Waals surface area contributed by atoms with Crippen molar-refractivity contribution in [3.63, 3.8) is 0 Å². The summed E-state index contributed by atoms with van der Waals surface area (Å²) in [6.45, 7) is 4.42. The summed E-state index contributed by atoms with van der Waals surface area (Å²) in [7, 11) is 0. The van der Waals surface area contributed by atoms with E-state index in [4.69, 9.17) is 4.74 Å². The molecule has 0 spiro atoms. The van der Waals surface area contributed by atoms with Crippen molar-refractivity contribution >= 4 is 0 Å². The Morgan fingerprint density at radius 1 is 0.950 bits per heavy atom. The Bertz CT molecular complexity index is 525. The van der Waals surface area contributed by atoms with E-state index in [0.717, 1.165) is 24.3 Å². The molecule has 0 bridgehead atoms. The van der Waals surface area contributed by atoms with Crippen LogP contribution in [0.5, 0.6) is 11.5 Å². The molecule has 0 aliphatic carbocycles. The highest BCUT2D eigenvalue weighted by atomic mass is 16.5.